The van der Waals surface area contributed by atoms with Gasteiger partial charge in [-0.1, -0.05) is 0 Å². The third-order valence-corrected chi connectivity index (χ3v) is 3.58. The minimum absolute atomic E-state index is 0. The van der Waals surface area contributed by atoms with Gasteiger partial charge in [-0.05, 0) is 50.6 Å². The van der Waals surface area contributed by atoms with E-state index in [1.807, 2.05) is 11.9 Å². The number of piperidine rings is 1. The summed E-state index contributed by atoms with van der Waals surface area (Å²) in [5, 5.41) is 3.33. The van der Waals surface area contributed by atoms with E-state index in [1.54, 1.807) is 0 Å². The monoisotopic (exact) mass is 246 g/mol. The van der Waals surface area contributed by atoms with Crippen LogP contribution in [0.25, 0.3) is 0 Å². The van der Waals surface area contributed by atoms with Crippen molar-refractivity contribution in [2.45, 2.75) is 32.1 Å². The van der Waals surface area contributed by atoms with Crippen molar-refractivity contribution < 1.29 is 4.79 Å². The Kier molecular flexibility index (Phi) is 5.56. The highest BCUT2D eigenvalue weighted by atomic mass is 35.5. The summed E-state index contributed by atoms with van der Waals surface area (Å²) in [4.78, 5) is 13.8. The van der Waals surface area contributed by atoms with E-state index in [0.717, 1.165) is 32.0 Å². The van der Waals surface area contributed by atoms with Gasteiger partial charge < -0.3 is 10.2 Å². The van der Waals surface area contributed by atoms with E-state index in [9.17, 15) is 4.79 Å². The van der Waals surface area contributed by atoms with E-state index in [2.05, 4.69) is 5.32 Å². The second kappa shape index (κ2) is 6.45. The molecule has 0 bridgehead atoms. The molecule has 1 aliphatic carbocycles. The highest BCUT2D eigenvalue weighted by Gasteiger charge is 2.26. The molecular weight excluding hydrogens is 224 g/mol. The van der Waals surface area contributed by atoms with Gasteiger partial charge in [-0.2, -0.15) is 0 Å². The van der Waals surface area contributed by atoms with E-state index >= 15 is 0 Å². The maximum absolute atomic E-state index is 11.9. The van der Waals surface area contributed by atoms with Crippen LogP contribution < -0.4 is 5.32 Å². The number of nitrogens with one attached hydrogen (secondary N) is 1. The molecule has 4 heteroatoms. The first-order valence-electron chi connectivity index (χ1n) is 6.20. The molecule has 0 aromatic rings. The summed E-state index contributed by atoms with van der Waals surface area (Å²) in [7, 11) is 1.96. The van der Waals surface area contributed by atoms with Crippen LogP contribution in [0.4, 0.5) is 0 Å². The second-order valence-corrected chi connectivity index (χ2v) is 5.12. The number of carbonyl (C=O) groups is 1. The molecule has 0 unspecified atom stereocenters. The van der Waals surface area contributed by atoms with E-state index in [-0.39, 0.29) is 12.4 Å². The molecule has 1 saturated carbocycles. The second-order valence-electron chi connectivity index (χ2n) is 5.12. The van der Waals surface area contributed by atoms with Crippen LogP contribution >= 0.6 is 12.4 Å². The fraction of sp³-hybridized carbons (Fsp3) is 0.917. The summed E-state index contributed by atoms with van der Waals surface area (Å²) in [6, 6.07) is 0. The molecule has 1 aliphatic heterocycles. The molecule has 0 atom stereocenters. The Bertz CT molecular complexity index is 225. The Labute approximate surface area is 104 Å². The molecule has 1 heterocycles. The number of rotatable bonds is 4. The smallest absolute Gasteiger partial charge is 0.222 e. The van der Waals surface area contributed by atoms with Crippen LogP contribution in [0, 0.1) is 11.8 Å². The molecule has 1 amide bonds. The van der Waals surface area contributed by atoms with Crippen molar-refractivity contribution >= 4 is 18.3 Å². The minimum atomic E-state index is 0. The average Bonchev–Trinajstić information content (AvgIpc) is 3.03. The lowest BCUT2D eigenvalue weighted by Crippen LogP contribution is -2.34. The lowest BCUT2D eigenvalue weighted by atomic mass is 9.94. The molecule has 2 aliphatic rings. The van der Waals surface area contributed by atoms with Crippen LogP contribution in [0.1, 0.15) is 32.1 Å². The maximum atomic E-state index is 11.9. The first kappa shape index (κ1) is 13.8. The van der Waals surface area contributed by atoms with Crippen molar-refractivity contribution in [2.75, 3.05) is 26.7 Å². The zero-order valence-corrected chi connectivity index (χ0v) is 10.9. The average molecular weight is 247 g/mol. The molecule has 0 spiro atoms. The number of amides is 1. The van der Waals surface area contributed by atoms with Crippen molar-refractivity contribution in [3.8, 4) is 0 Å². The normalized spacial score (nSPS) is 21.3. The first-order chi connectivity index (χ1) is 7.25. The van der Waals surface area contributed by atoms with Crippen LogP contribution in [-0.2, 0) is 4.79 Å². The minimum Gasteiger partial charge on any atom is -0.345 e. The van der Waals surface area contributed by atoms with Crippen LogP contribution in [0.15, 0.2) is 0 Å². The van der Waals surface area contributed by atoms with E-state index < -0.39 is 0 Å². The van der Waals surface area contributed by atoms with E-state index in [4.69, 9.17) is 0 Å². The summed E-state index contributed by atoms with van der Waals surface area (Å²) in [5.74, 6) is 1.79. The quantitative estimate of drug-likeness (QED) is 0.819. The molecule has 0 aromatic heterocycles. The van der Waals surface area contributed by atoms with Gasteiger partial charge in [0.1, 0.15) is 0 Å². The highest BCUT2D eigenvalue weighted by Crippen LogP contribution is 2.29. The van der Waals surface area contributed by atoms with Gasteiger partial charge in [-0.15, -0.1) is 12.4 Å². The van der Waals surface area contributed by atoms with E-state index in [1.165, 1.54) is 25.7 Å². The molecule has 94 valence electrons. The Morgan fingerprint density at radius 3 is 2.38 bits per heavy atom. The lowest BCUT2D eigenvalue weighted by Gasteiger charge is -2.24. The maximum Gasteiger partial charge on any atom is 0.222 e. The fourth-order valence-electron chi connectivity index (χ4n) is 2.28. The molecule has 0 radical (unpaired) electrons. The zero-order valence-electron chi connectivity index (χ0n) is 10.1. The van der Waals surface area contributed by atoms with Crippen molar-refractivity contribution in [3.63, 3.8) is 0 Å². The van der Waals surface area contributed by atoms with Crippen molar-refractivity contribution in [3.05, 3.63) is 0 Å². The number of halogens is 1. The topological polar surface area (TPSA) is 32.3 Å². The van der Waals surface area contributed by atoms with Gasteiger partial charge in [0.05, 0.1) is 0 Å². The zero-order chi connectivity index (χ0) is 10.7. The molecule has 16 heavy (non-hydrogen) atoms. The van der Waals surface area contributed by atoms with Gasteiger partial charge in [0, 0.05) is 20.0 Å². The predicted octanol–water partition coefficient (Wildman–Crippen LogP) is 1.67. The highest BCUT2D eigenvalue weighted by molar-refractivity contribution is 5.85. The molecule has 1 N–H and O–H groups in total. The van der Waals surface area contributed by atoms with Crippen LogP contribution in [-0.4, -0.2) is 37.5 Å². The van der Waals surface area contributed by atoms with Gasteiger partial charge >= 0.3 is 0 Å². The largest absolute Gasteiger partial charge is 0.345 e. The van der Waals surface area contributed by atoms with Crippen LogP contribution in [0.5, 0.6) is 0 Å². The number of carbonyl (C=O) groups excluding carboxylic acids is 1. The number of nitrogens with zero attached hydrogens (tertiary/aromatic N) is 1. The fourth-order valence-corrected chi connectivity index (χ4v) is 2.28. The molecular formula is C12H23ClN2O. The van der Waals surface area contributed by atoms with Gasteiger partial charge in [0.2, 0.25) is 5.91 Å². The van der Waals surface area contributed by atoms with E-state index in [0.29, 0.717) is 11.8 Å². The molecule has 3 nitrogen and oxygen atoms in total. The Hall–Kier alpha value is -0.280. The predicted molar refractivity (Wildman–Crippen MR) is 67.8 cm³/mol. The van der Waals surface area contributed by atoms with Gasteiger partial charge in [0.15, 0.2) is 0 Å². The third-order valence-electron chi connectivity index (χ3n) is 3.58. The van der Waals surface area contributed by atoms with Crippen molar-refractivity contribution in [2.24, 2.45) is 11.8 Å². The molecule has 2 fully saturated rings. The summed E-state index contributed by atoms with van der Waals surface area (Å²) in [5.41, 5.74) is 0. The molecule has 0 aromatic carbocycles. The summed E-state index contributed by atoms with van der Waals surface area (Å²) in [6.45, 7) is 3.17. The van der Waals surface area contributed by atoms with Crippen LogP contribution in [0.3, 0.4) is 0 Å². The van der Waals surface area contributed by atoms with Gasteiger partial charge in [-0.3, -0.25) is 4.79 Å². The molecule has 2 rings (SSSR count). The number of hydrogen-bond donors (Lipinski definition) is 1. The Morgan fingerprint density at radius 2 is 1.81 bits per heavy atom. The number of hydrogen-bond acceptors (Lipinski definition) is 2. The standard InChI is InChI=1S/C12H22N2O.ClH/c1-14(9-11-2-3-11)12(15)8-10-4-6-13-7-5-10;/h10-11,13H,2-9H2,1H3;1H. The summed E-state index contributed by atoms with van der Waals surface area (Å²) >= 11 is 0. The molecule has 1 saturated heterocycles. The SMILES string of the molecule is CN(CC1CC1)C(=O)CC1CCNCC1.Cl. The first-order valence-corrected chi connectivity index (χ1v) is 6.20. The Balaban J connectivity index is 0.00000128. The van der Waals surface area contributed by atoms with Crippen molar-refractivity contribution in [1.29, 1.82) is 0 Å². The summed E-state index contributed by atoms with van der Waals surface area (Å²) < 4.78 is 0. The summed E-state index contributed by atoms with van der Waals surface area (Å²) in [6.07, 6.45) is 5.76. The van der Waals surface area contributed by atoms with Crippen molar-refractivity contribution in [1.82, 2.24) is 10.2 Å². The Morgan fingerprint density at radius 1 is 1.19 bits per heavy atom. The van der Waals surface area contributed by atoms with Gasteiger partial charge in [0.25, 0.3) is 0 Å². The third kappa shape index (κ3) is 4.30. The van der Waals surface area contributed by atoms with Crippen LogP contribution in [0.2, 0.25) is 0 Å². The van der Waals surface area contributed by atoms with Gasteiger partial charge in [-0.25, -0.2) is 0 Å². The lowest BCUT2D eigenvalue weighted by molar-refractivity contribution is -0.131.